The van der Waals surface area contributed by atoms with Crippen LogP contribution in [-0.4, -0.2) is 0 Å². The molecular formula is C23H33N. The second-order valence-electron chi connectivity index (χ2n) is 8.32. The molecule has 0 spiro atoms. The van der Waals surface area contributed by atoms with Crippen molar-refractivity contribution in [3.63, 3.8) is 0 Å². The van der Waals surface area contributed by atoms with Crippen LogP contribution in [0.15, 0.2) is 24.3 Å². The molecule has 1 aromatic carbocycles. The zero-order valence-electron chi connectivity index (χ0n) is 15.2. The van der Waals surface area contributed by atoms with Crippen molar-refractivity contribution in [3.8, 4) is 6.07 Å². The van der Waals surface area contributed by atoms with E-state index in [0.717, 1.165) is 23.3 Å². The van der Waals surface area contributed by atoms with Crippen LogP contribution in [-0.2, 0) is 6.42 Å². The van der Waals surface area contributed by atoms with Crippen LogP contribution in [0.4, 0.5) is 0 Å². The smallest absolute Gasteiger partial charge is 0.0991 e. The number of benzene rings is 1. The largest absolute Gasteiger partial charge is 0.192 e. The van der Waals surface area contributed by atoms with Crippen LogP contribution in [0.25, 0.3) is 0 Å². The Morgan fingerprint density at radius 3 is 1.83 bits per heavy atom. The molecule has 0 radical (unpaired) electrons. The van der Waals surface area contributed by atoms with Gasteiger partial charge in [0, 0.05) is 0 Å². The fourth-order valence-electron chi connectivity index (χ4n) is 4.87. The first-order chi connectivity index (χ1) is 11.8. The quantitative estimate of drug-likeness (QED) is 0.574. The standard InChI is InChI=1S/C23H33N/c24-18-23-16-14-22(15-17-23)13-12-21-10-8-20(9-11-21)7-6-19-4-2-1-3-5-19/h14-17,19-21H,1-13H2/t20-,21-. The van der Waals surface area contributed by atoms with Gasteiger partial charge in [-0.1, -0.05) is 82.8 Å². The average Bonchev–Trinajstić information content (AvgIpc) is 2.67. The normalized spacial score (nSPS) is 25.3. The maximum atomic E-state index is 8.86. The summed E-state index contributed by atoms with van der Waals surface area (Å²) in [4.78, 5) is 0. The van der Waals surface area contributed by atoms with Gasteiger partial charge in [0.05, 0.1) is 11.6 Å². The molecule has 0 bridgehead atoms. The van der Waals surface area contributed by atoms with E-state index in [-0.39, 0.29) is 0 Å². The second kappa shape index (κ2) is 9.26. The first kappa shape index (κ1) is 17.5. The third kappa shape index (κ3) is 5.37. The van der Waals surface area contributed by atoms with E-state index in [4.69, 9.17) is 5.26 Å². The van der Waals surface area contributed by atoms with Crippen LogP contribution >= 0.6 is 0 Å². The number of hydrogen-bond acceptors (Lipinski definition) is 1. The summed E-state index contributed by atoms with van der Waals surface area (Å²) >= 11 is 0. The van der Waals surface area contributed by atoms with Crippen molar-refractivity contribution >= 4 is 0 Å². The number of nitrogens with zero attached hydrogens (tertiary/aromatic N) is 1. The Morgan fingerprint density at radius 2 is 1.25 bits per heavy atom. The Bertz CT molecular complexity index is 510. The van der Waals surface area contributed by atoms with Gasteiger partial charge in [-0.25, -0.2) is 0 Å². The molecule has 3 rings (SSSR count). The van der Waals surface area contributed by atoms with Crippen molar-refractivity contribution in [2.24, 2.45) is 17.8 Å². The van der Waals surface area contributed by atoms with E-state index in [9.17, 15) is 0 Å². The summed E-state index contributed by atoms with van der Waals surface area (Å²) in [5.74, 6) is 3.03. The molecule has 0 N–H and O–H groups in total. The molecule has 0 heterocycles. The molecule has 1 heteroatoms. The van der Waals surface area contributed by atoms with Gasteiger partial charge >= 0.3 is 0 Å². The number of rotatable bonds is 6. The molecule has 1 nitrogen and oxygen atoms in total. The lowest BCUT2D eigenvalue weighted by molar-refractivity contribution is 0.229. The van der Waals surface area contributed by atoms with Crippen molar-refractivity contribution in [1.29, 1.82) is 5.26 Å². The van der Waals surface area contributed by atoms with E-state index in [1.165, 1.54) is 89.0 Å². The van der Waals surface area contributed by atoms with Gasteiger partial charge in [-0.05, 0) is 48.3 Å². The summed E-state index contributed by atoms with van der Waals surface area (Å²) in [6.07, 6.45) is 18.9. The van der Waals surface area contributed by atoms with Gasteiger partial charge in [-0.3, -0.25) is 0 Å². The van der Waals surface area contributed by atoms with Crippen molar-refractivity contribution in [1.82, 2.24) is 0 Å². The van der Waals surface area contributed by atoms with Crippen LogP contribution in [0.1, 0.15) is 88.2 Å². The Morgan fingerprint density at radius 1 is 0.708 bits per heavy atom. The minimum atomic E-state index is 0.775. The summed E-state index contributed by atoms with van der Waals surface area (Å²) in [5, 5.41) is 8.86. The molecule has 2 fully saturated rings. The predicted octanol–water partition coefficient (Wildman–Crippen LogP) is 6.66. The molecule has 0 atom stereocenters. The first-order valence-electron chi connectivity index (χ1n) is 10.3. The molecule has 1 aromatic rings. The van der Waals surface area contributed by atoms with E-state index in [2.05, 4.69) is 18.2 Å². The van der Waals surface area contributed by atoms with E-state index in [1.807, 2.05) is 12.1 Å². The van der Waals surface area contributed by atoms with Crippen molar-refractivity contribution in [3.05, 3.63) is 35.4 Å². The highest BCUT2D eigenvalue weighted by Gasteiger charge is 2.22. The maximum Gasteiger partial charge on any atom is 0.0991 e. The Labute approximate surface area is 148 Å². The molecule has 24 heavy (non-hydrogen) atoms. The summed E-state index contributed by atoms with van der Waals surface area (Å²) in [6.45, 7) is 0. The fraction of sp³-hybridized carbons (Fsp3) is 0.696. The molecule has 0 aromatic heterocycles. The lowest BCUT2D eigenvalue weighted by atomic mass is 9.76. The molecule has 2 aliphatic carbocycles. The van der Waals surface area contributed by atoms with E-state index >= 15 is 0 Å². The minimum Gasteiger partial charge on any atom is -0.192 e. The topological polar surface area (TPSA) is 23.8 Å². The number of aryl methyl sites for hydroxylation is 1. The average molecular weight is 324 g/mol. The van der Waals surface area contributed by atoms with Crippen LogP contribution in [0.2, 0.25) is 0 Å². The molecule has 0 unspecified atom stereocenters. The van der Waals surface area contributed by atoms with E-state index < -0.39 is 0 Å². The summed E-state index contributed by atoms with van der Waals surface area (Å²) < 4.78 is 0. The molecule has 0 aliphatic heterocycles. The third-order valence-corrected chi connectivity index (χ3v) is 6.60. The predicted molar refractivity (Wildman–Crippen MR) is 101 cm³/mol. The Hall–Kier alpha value is -1.29. The minimum absolute atomic E-state index is 0.775. The van der Waals surface area contributed by atoms with Crippen molar-refractivity contribution in [2.45, 2.75) is 83.5 Å². The zero-order chi connectivity index (χ0) is 16.6. The lowest BCUT2D eigenvalue weighted by Gasteiger charge is -2.30. The van der Waals surface area contributed by atoms with E-state index in [0.29, 0.717) is 0 Å². The van der Waals surface area contributed by atoms with Crippen LogP contribution in [0, 0.1) is 29.1 Å². The zero-order valence-corrected chi connectivity index (χ0v) is 15.2. The van der Waals surface area contributed by atoms with Crippen molar-refractivity contribution < 1.29 is 0 Å². The highest BCUT2D eigenvalue weighted by molar-refractivity contribution is 5.31. The van der Waals surface area contributed by atoms with Crippen molar-refractivity contribution in [2.75, 3.05) is 0 Å². The molecule has 0 amide bonds. The third-order valence-electron chi connectivity index (χ3n) is 6.60. The highest BCUT2D eigenvalue weighted by atomic mass is 14.3. The summed E-state index contributed by atoms with van der Waals surface area (Å²) in [5.41, 5.74) is 2.17. The summed E-state index contributed by atoms with van der Waals surface area (Å²) in [6, 6.07) is 10.4. The van der Waals surface area contributed by atoms with Gasteiger partial charge in [0.25, 0.3) is 0 Å². The molecule has 2 saturated carbocycles. The van der Waals surface area contributed by atoms with Gasteiger partial charge in [0.2, 0.25) is 0 Å². The molecule has 130 valence electrons. The van der Waals surface area contributed by atoms with E-state index in [1.54, 1.807) is 0 Å². The first-order valence-corrected chi connectivity index (χ1v) is 10.3. The Kier molecular flexibility index (Phi) is 6.76. The van der Waals surface area contributed by atoms with Gasteiger partial charge in [-0.15, -0.1) is 0 Å². The maximum absolute atomic E-state index is 8.86. The molecular weight excluding hydrogens is 290 g/mol. The van der Waals surface area contributed by atoms with Gasteiger partial charge in [0.15, 0.2) is 0 Å². The van der Waals surface area contributed by atoms with Gasteiger partial charge in [0.1, 0.15) is 0 Å². The van der Waals surface area contributed by atoms with Gasteiger partial charge in [-0.2, -0.15) is 5.26 Å². The molecule has 2 aliphatic rings. The van der Waals surface area contributed by atoms with Crippen LogP contribution < -0.4 is 0 Å². The highest BCUT2D eigenvalue weighted by Crippen LogP contribution is 2.36. The Balaban J connectivity index is 1.32. The summed E-state index contributed by atoms with van der Waals surface area (Å²) in [7, 11) is 0. The number of nitriles is 1. The van der Waals surface area contributed by atoms with Crippen LogP contribution in [0.5, 0.6) is 0 Å². The van der Waals surface area contributed by atoms with Gasteiger partial charge < -0.3 is 0 Å². The lowest BCUT2D eigenvalue weighted by Crippen LogP contribution is -2.16. The SMILES string of the molecule is N#Cc1ccc(CC[C@H]2CC[C@H](CCC3CCCCC3)CC2)cc1. The number of hydrogen-bond donors (Lipinski definition) is 0. The molecule has 0 saturated heterocycles. The monoisotopic (exact) mass is 323 g/mol. The fourth-order valence-corrected chi connectivity index (χ4v) is 4.87. The van der Waals surface area contributed by atoms with Crippen LogP contribution in [0.3, 0.4) is 0 Å². The second-order valence-corrected chi connectivity index (χ2v) is 8.32.